The number of likely N-dealkylation sites (tertiary alicyclic amines) is 3. The molecule has 12 rings (SSSR count). The SMILES string of the molecule is Cc1ccc(NC(=O)C(C)C)cc1C1CCN(CCCNC(=O)C(O)(c2ccc(F)cc2)c2ccc(F)cc2)CC1.Cc1ccc(NC(=O)C(C)C)cc1C1CCN(CCCNC(=O)C(O)(c2ccccc2)c2ccccc2)CC1.Cc1ccc(NC(=O)C(C)C)cc1C1CCN(CCCNC(=O)C(O)(c2ccccc2Cl)c2ccccc2Cl)CC1. The molecule has 3 aliphatic heterocycles. The lowest BCUT2D eigenvalue weighted by Crippen LogP contribution is -2.46. The van der Waals surface area contributed by atoms with E-state index in [4.69, 9.17) is 23.2 Å². The number of anilines is 3. The lowest BCUT2D eigenvalue weighted by atomic mass is 9.85. The summed E-state index contributed by atoms with van der Waals surface area (Å²) in [5.41, 5.74) is 6.47. The molecular weight excluding hydrogens is 1570 g/mol. The van der Waals surface area contributed by atoms with E-state index in [1.54, 1.807) is 72.8 Å². The van der Waals surface area contributed by atoms with Gasteiger partial charge in [0.2, 0.25) is 17.7 Å². The summed E-state index contributed by atoms with van der Waals surface area (Å²) < 4.78 is 27.1. The molecule has 3 heterocycles. The zero-order chi connectivity index (χ0) is 87.0. The Morgan fingerprint density at radius 3 is 0.893 bits per heavy atom. The number of hydrogen-bond donors (Lipinski definition) is 9. The number of hydrogen-bond acceptors (Lipinski definition) is 12. The number of aryl methyl sites for hydroxylation is 3. The van der Waals surface area contributed by atoms with Crippen molar-refractivity contribution < 1.29 is 52.9 Å². The Balaban J connectivity index is 0.000000191. The molecule has 0 spiro atoms. The molecular formula is C99H119Cl2F2N9O9. The van der Waals surface area contributed by atoms with Crippen molar-refractivity contribution >= 4 is 75.7 Å². The van der Waals surface area contributed by atoms with Crippen molar-refractivity contribution in [3.63, 3.8) is 0 Å². The van der Waals surface area contributed by atoms with Gasteiger partial charge in [-0.2, -0.15) is 0 Å². The first-order valence-electron chi connectivity index (χ1n) is 42.5. The first-order valence-corrected chi connectivity index (χ1v) is 43.3. The molecule has 18 nitrogen and oxygen atoms in total. The van der Waals surface area contributed by atoms with E-state index < -0.39 is 46.2 Å². The fraction of sp³-hybridized carbons (Fsp3) is 0.394. The Morgan fingerprint density at radius 1 is 0.364 bits per heavy atom. The van der Waals surface area contributed by atoms with Crippen LogP contribution in [0.15, 0.2) is 212 Å². The van der Waals surface area contributed by atoms with Gasteiger partial charge in [-0.25, -0.2) is 8.78 Å². The van der Waals surface area contributed by atoms with Crippen LogP contribution in [0, 0.1) is 50.2 Å². The largest absolute Gasteiger partial charge is 0.372 e. The normalized spacial score (nSPS) is 14.7. The maximum atomic E-state index is 13.5. The van der Waals surface area contributed by atoms with Crippen molar-refractivity contribution in [2.45, 2.75) is 155 Å². The molecule has 22 heteroatoms. The van der Waals surface area contributed by atoms with Crippen LogP contribution in [0.1, 0.15) is 184 Å². The fourth-order valence-electron chi connectivity index (χ4n) is 16.1. The van der Waals surface area contributed by atoms with E-state index in [0.717, 1.165) is 127 Å². The Kier molecular flexibility index (Phi) is 34.1. The summed E-state index contributed by atoms with van der Waals surface area (Å²) in [4.78, 5) is 83.7. The van der Waals surface area contributed by atoms with Gasteiger partial charge in [-0.15, -0.1) is 0 Å². The lowest BCUT2D eigenvalue weighted by molar-refractivity contribution is -0.137. The first-order chi connectivity index (χ1) is 58.0. The molecule has 9 aromatic carbocycles. The zero-order valence-electron chi connectivity index (χ0n) is 71.2. The number of nitrogens with one attached hydrogen (secondary N) is 6. The third kappa shape index (κ3) is 24.7. The highest BCUT2D eigenvalue weighted by Gasteiger charge is 2.44. The molecule has 0 atom stereocenters. The van der Waals surface area contributed by atoms with Crippen LogP contribution in [0.2, 0.25) is 10.0 Å². The standard InChI is InChI=1S/C33H39Cl2N3O3.C33H39F2N3O3.C33H41N3O3/c1-22(2)31(39)37-25-14-13-23(3)26(21-25)24-15-19-38(20-16-24)18-8-17-36-32(40)33(41,27-9-4-6-11-29(27)34)28-10-5-7-12-30(28)35;1-22(2)31(39)37-29-14-5-23(3)30(21-29)24-15-19-38(20-16-24)18-4-17-36-32(40)33(41,25-6-10-27(34)11-7-25)26-8-12-28(35)13-9-26;1-24(2)31(37)35-29-16-15-25(3)30(23-29)26-17-21-36(22-18-26)20-10-19-34-32(38)33(39,27-11-6-4-7-12-27)28-13-8-5-9-14-28/h4-7,9-14,21-22,24,41H,8,15-20H2,1-3H3,(H,36,40)(H,37,39);5-14,21-22,24,41H,4,15-20H2,1-3H3,(H,36,40)(H,37,39);4-9,11-16,23-24,26,39H,10,17-22H2,1-3H3,(H,34,38)(H,35,37). The molecule has 0 aliphatic carbocycles. The van der Waals surface area contributed by atoms with Crippen LogP contribution in [0.5, 0.6) is 0 Å². The van der Waals surface area contributed by atoms with E-state index in [2.05, 4.69) is 104 Å². The highest BCUT2D eigenvalue weighted by atomic mass is 35.5. The average Bonchev–Trinajstić information content (AvgIpc) is 0.764. The summed E-state index contributed by atoms with van der Waals surface area (Å²) in [7, 11) is 0. The molecule has 121 heavy (non-hydrogen) atoms. The van der Waals surface area contributed by atoms with E-state index in [9.17, 15) is 52.9 Å². The van der Waals surface area contributed by atoms with Crippen LogP contribution in [0.4, 0.5) is 25.8 Å². The van der Waals surface area contributed by atoms with Gasteiger partial charge in [-0.3, -0.25) is 28.8 Å². The monoisotopic (exact) mass is 1690 g/mol. The summed E-state index contributed by atoms with van der Waals surface area (Å²) in [6.07, 6.45) is 8.45. The molecule has 642 valence electrons. The number of nitrogens with zero attached hydrogens (tertiary/aromatic N) is 3. The number of halogens is 4. The van der Waals surface area contributed by atoms with E-state index >= 15 is 0 Å². The number of piperidine rings is 3. The summed E-state index contributed by atoms with van der Waals surface area (Å²) in [5, 5.41) is 53.2. The van der Waals surface area contributed by atoms with Gasteiger partial charge in [-0.05, 0) is 284 Å². The maximum Gasteiger partial charge on any atom is 0.261 e. The van der Waals surface area contributed by atoms with Crippen LogP contribution in [-0.4, -0.2) is 144 Å². The molecule has 0 bridgehead atoms. The predicted octanol–water partition coefficient (Wildman–Crippen LogP) is 17.2. The van der Waals surface area contributed by atoms with Gasteiger partial charge in [-0.1, -0.05) is 204 Å². The molecule has 9 N–H and O–H groups in total. The highest BCUT2D eigenvalue weighted by molar-refractivity contribution is 6.33. The fourth-order valence-corrected chi connectivity index (χ4v) is 16.7. The predicted molar refractivity (Wildman–Crippen MR) is 480 cm³/mol. The van der Waals surface area contributed by atoms with Crippen molar-refractivity contribution in [2.24, 2.45) is 17.8 Å². The molecule has 3 aliphatic rings. The number of aliphatic hydroxyl groups is 3. The summed E-state index contributed by atoms with van der Waals surface area (Å²) >= 11 is 12.8. The Labute approximate surface area is 722 Å². The van der Waals surface area contributed by atoms with Gasteiger partial charge in [0, 0.05) is 75.6 Å². The number of carbonyl (C=O) groups excluding carboxylic acids is 6. The smallest absolute Gasteiger partial charge is 0.261 e. The quantitative estimate of drug-likeness (QED) is 0.0191. The van der Waals surface area contributed by atoms with Crippen LogP contribution >= 0.6 is 23.2 Å². The molecule has 9 aromatic rings. The molecule has 3 saturated heterocycles. The second-order valence-electron chi connectivity index (χ2n) is 33.2. The Hall–Kier alpha value is -10.0. The van der Waals surface area contributed by atoms with Gasteiger partial charge >= 0.3 is 0 Å². The van der Waals surface area contributed by atoms with Gasteiger partial charge in [0.1, 0.15) is 11.6 Å². The van der Waals surface area contributed by atoms with Gasteiger partial charge < -0.3 is 61.9 Å². The van der Waals surface area contributed by atoms with Gasteiger partial charge in [0.15, 0.2) is 16.8 Å². The zero-order valence-corrected chi connectivity index (χ0v) is 72.7. The van der Waals surface area contributed by atoms with Crippen molar-refractivity contribution in [2.75, 3.05) is 94.5 Å². The van der Waals surface area contributed by atoms with Crippen molar-refractivity contribution in [3.8, 4) is 0 Å². The van der Waals surface area contributed by atoms with Crippen molar-refractivity contribution in [3.05, 3.63) is 301 Å². The topological polar surface area (TPSA) is 245 Å². The lowest BCUT2D eigenvalue weighted by Gasteiger charge is -2.33. The number of amides is 6. The Morgan fingerprint density at radius 2 is 0.620 bits per heavy atom. The third-order valence-corrected chi connectivity index (χ3v) is 24.2. The maximum absolute atomic E-state index is 13.5. The number of benzene rings is 9. The van der Waals surface area contributed by atoms with Crippen molar-refractivity contribution in [1.29, 1.82) is 0 Å². The van der Waals surface area contributed by atoms with E-state index in [1.165, 1.54) is 81.9 Å². The average molecular weight is 1690 g/mol. The Bertz CT molecular complexity index is 4790. The van der Waals surface area contributed by atoms with Crippen LogP contribution in [0.25, 0.3) is 0 Å². The van der Waals surface area contributed by atoms with E-state index in [0.29, 0.717) is 54.9 Å². The van der Waals surface area contributed by atoms with E-state index in [-0.39, 0.29) is 67.8 Å². The van der Waals surface area contributed by atoms with Gasteiger partial charge in [0.25, 0.3) is 17.7 Å². The summed E-state index contributed by atoms with van der Waals surface area (Å²) in [6.45, 7) is 27.3. The summed E-state index contributed by atoms with van der Waals surface area (Å²) in [6, 6.07) is 60.5. The van der Waals surface area contributed by atoms with E-state index in [1.807, 2.05) is 96.1 Å². The molecule has 6 amide bonds. The van der Waals surface area contributed by atoms with Gasteiger partial charge in [0.05, 0.1) is 0 Å². The van der Waals surface area contributed by atoms with Crippen molar-refractivity contribution in [1.82, 2.24) is 30.7 Å². The minimum Gasteiger partial charge on any atom is -0.372 e. The molecule has 0 aromatic heterocycles. The van der Waals surface area contributed by atoms with Crippen LogP contribution < -0.4 is 31.9 Å². The highest BCUT2D eigenvalue weighted by Crippen LogP contribution is 2.41. The van der Waals surface area contributed by atoms with Crippen LogP contribution in [0.3, 0.4) is 0 Å². The van der Waals surface area contributed by atoms with Crippen LogP contribution in [-0.2, 0) is 45.6 Å². The molecule has 0 saturated carbocycles. The number of rotatable bonds is 30. The third-order valence-electron chi connectivity index (χ3n) is 23.5. The second kappa shape index (κ2) is 44.2. The number of carbonyl (C=O) groups is 6. The molecule has 3 fully saturated rings. The molecule has 0 radical (unpaired) electrons. The first kappa shape index (κ1) is 93.3. The second-order valence-corrected chi connectivity index (χ2v) is 34.0. The molecule has 0 unspecified atom stereocenters. The minimum atomic E-state index is -2.08. The minimum absolute atomic E-state index is 0.00971. The summed E-state index contributed by atoms with van der Waals surface area (Å²) in [5.74, 6) is -1.35.